The third-order valence-electron chi connectivity index (χ3n) is 3.60. The topological polar surface area (TPSA) is 37.4 Å². The number of amides is 1. The molecule has 0 saturated heterocycles. The average molecular weight is 265 g/mol. The van der Waals surface area contributed by atoms with Crippen molar-refractivity contribution in [3.8, 4) is 0 Å². The van der Waals surface area contributed by atoms with E-state index in [0.29, 0.717) is 17.7 Å². The Morgan fingerprint density at radius 1 is 1.10 bits per heavy atom. The molecule has 1 aliphatic heterocycles. The van der Waals surface area contributed by atoms with E-state index in [9.17, 15) is 9.59 Å². The van der Waals surface area contributed by atoms with E-state index in [1.165, 1.54) is 0 Å². The van der Waals surface area contributed by atoms with Crippen molar-refractivity contribution in [3.05, 3.63) is 70.8 Å². The predicted octanol–water partition coefficient (Wildman–Crippen LogP) is 2.83. The highest BCUT2D eigenvalue weighted by molar-refractivity contribution is 6.04. The number of aryl methyl sites for hydroxylation is 1. The highest BCUT2D eigenvalue weighted by Gasteiger charge is 2.28. The van der Waals surface area contributed by atoms with E-state index in [0.717, 1.165) is 11.1 Å². The van der Waals surface area contributed by atoms with Gasteiger partial charge in [0.1, 0.15) is 0 Å². The van der Waals surface area contributed by atoms with Crippen LogP contribution < -0.4 is 0 Å². The first-order chi connectivity index (χ1) is 9.65. The Bertz CT molecular complexity index is 674. The molecule has 0 radical (unpaired) electrons. The van der Waals surface area contributed by atoms with Crippen molar-refractivity contribution in [2.75, 3.05) is 6.54 Å². The Morgan fingerprint density at radius 3 is 2.50 bits per heavy atom. The van der Waals surface area contributed by atoms with Gasteiger partial charge in [-0.25, -0.2) is 0 Å². The van der Waals surface area contributed by atoms with Gasteiger partial charge in [0, 0.05) is 17.7 Å². The van der Waals surface area contributed by atoms with Crippen LogP contribution in [-0.4, -0.2) is 23.1 Å². The SMILES string of the molecule is Cc1ccc(C(=O)CN2Cc3ccccc3C2=O)cc1. The Hall–Kier alpha value is -2.42. The highest BCUT2D eigenvalue weighted by atomic mass is 16.2. The largest absolute Gasteiger partial charge is 0.327 e. The van der Waals surface area contributed by atoms with Crippen LogP contribution in [0.4, 0.5) is 0 Å². The lowest BCUT2D eigenvalue weighted by Crippen LogP contribution is -2.30. The van der Waals surface area contributed by atoms with E-state index < -0.39 is 0 Å². The fourth-order valence-electron chi connectivity index (χ4n) is 2.45. The van der Waals surface area contributed by atoms with E-state index in [1.807, 2.05) is 55.5 Å². The van der Waals surface area contributed by atoms with Gasteiger partial charge >= 0.3 is 0 Å². The van der Waals surface area contributed by atoms with Crippen LogP contribution in [0.15, 0.2) is 48.5 Å². The molecule has 3 heteroatoms. The molecule has 3 nitrogen and oxygen atoms in total. The van der Waals surface area contributed by atoms with Crippen molar-refractivity contribution in [3.63, 3.8) is 0 Å². The molecule has 1 heterocycles. The molecule has 0 aliphatic carbocycles. The normalized spacial score (nSPS) is 13.4. The van der Waals surface area contributed by atoms with Crippen molar-refractivity contribution in [2.24, 2.45) is 0 Å². The number of hydrogen-bond donors (Lipinski definition) is 0. The van der Waals surface area contributed by atoms with Gasteiger partial charge < -0.3 is 4.90 Å². The van der Waals surface area contributed by atoms with Crippen LogP contribution in [0.2, 0.25) is 0 Å². The van der Waals surface area contributed by atoms with E-state index in [-0.39, 0.29) is 18.2 Å². The fourth-order valence-corrected chi connectivity index (χ4v) is 2.45. The third kappa shape index (κ3) is 2.23. The summed E-state index contributed by atoms with van der Waals surface area (Å²) < 4.78 is 0. The Balaban J connectivity index is 1.75. The quantitative estimate of drug-likeness (QED) is 0.800. The van der Waals surface area contributed by atoms with Crippen LogP contribution in [0.1, 0.15) is 31.8 Å². The molecule has 0 bridgehead atoms. The molecule has 0 fully saturated rings. The van der Waals surface area contributed by atoms with E-state index >= 15 is 0 Å². The van der Waals surface area contributed by atoms with Crippen LogP contribution >= 0.6 is 0 Å². The van der Waals surface area contributed by atoms with Gasteiger partial charge in [-0.1, -0.05) is 48.0 Å². The summed E-state index contributed by atoms with van der Waals surface area (Å²) in [5, 5.41) is 0. The summed E-state index contributed by atoms with van der Waals surface area (Å²) in [6.07, 6.45) is 0. The van der Waals surface area contributed by atoms with Crippen LogP contribution in [-0.2, 0) is 6.54 Å². The first kappa shape index (κ1) is 12.6. The molecule has 2 aromatic rings. The maximum atomic E-state index is 12.2. The fraction of sp³-hybridized carbons (Fsp3) is 0.176. The van der Waals surface area contributed by atoms with Crippen molar-refractivity contribution in [1.29, 1.82) is 0 Å². The van der Waals surface area contributed by atoms with Crippen LogP contribution in [0.5, 0.6) is 0 Å². The molecule has 3 rings (SSSR count). The molecule has 0 saturated carbocycles. The minimum Gasteiger partial charge on any atom is -0.327 e. The van der Waals surface area contributed by atoms with Gasteiger partial charge in [0.15, 0.2) is 5.78 Å². The van der Waals surface area contributed by atoms with Gasteiger partial charge in [0.25, 0.3) is 5.91 Å². The number of rotatable bonds is 3. The van der Waals surface area contributed by atoms with Crippen molar-refractivity contribution < 1.29 is 9.59 Å². The lowest BCUT2D eigenvalue weighted by molar-refractivity contribution is 0.0729. The van der Waals surface area contributed by atoms with Gasteiger partial charge in [0.2, 0.25) is 0 Å². The lowest BCUT2D eigenvalue weighted by Gasteiger charge is -2.14. The van der Waals surface area contributed by atoms with E-state index in [2.05, 4.69) is 0 Å². The minimum atomic E-state index is -0.0546. The summed E-state index contributed by atoms with van der Waals surface area (Å²) in [6.45, 7) is 2.64. The maximum Gasteiger partial charge on any atom is 0.254 e. The lowest BCUT2D eigenvalue weighted by atomic mass is 10.1. The number of carbonyl (C=O) groups excluding carboxylic acids is 2. The summed E-state index contributed by atoms with van der Waals surface area (Å²) in [4.78, 5) is 26.0. The summed E-state index contributed by atoms with van der Waals surface area (Å²) in [5.41, 5.74) is 3.48. The molecule has 0 aromatic heterocycles. The van der Waals surface area contributed by atoms with Gasteiger partial charge in [-0.2, -0.15) is 0 Å². The van der Waals surface area contributed by atoms with E-state index in [1.54, 1.807) is 4.90 Å². The molecule has 1 amide bonds. The van der Waals surface area contributed by atoms with Gasteiger partial charge in [-0.05, 0) is 18.6 Å². The number of ketones is 1. The zero-order chi connectivity index (χ0) is 14.1. The van der Waals surface area contributed by atoms with Crippen molar-refractivity contribution in [1.82, 2.24) is 4.90 Å². The second-order valence-corrected chi connectivity index (χ2v) is 5.11. The number of carbonyl (C=O) groups is 2. The molecule has 20 heavy (non-hydrogen) atoms. The maximum absolute atomic E-state index is 12.2. The smallest absolute Gasteiger partial charge is 0.254 e. The van der Waals surface area contributed by atoms with Crippen molar-refractivity contribution >= 4 is 11.7 Å². The Labute approximate surface area is 117 Å². The standard InChI is InChI=1S/C17H15NO2/c1-12-6-8-13(9-7-12)16(19)11-18-10-14-4-2-3-5-15(14)17(18)20/h2-9H,10-11H2,1H3. The molecule has 0 atom stereocenters. The molecule has 1 aliphatic rings. The number of benzene rings is 2. The first-order valence-electron chi connectivity index (χ1n) is 6.62. The molecule has 100 valence electrons. The van der Waals surface area contributed by atoms with Crippen LogP contribution in [0.25, 0.3) is 0 Å². The molecule has 0 N–H and O–H groups in total. The second-order valence-electron chi connectivity index (χ2n) is 5.11. The van der Waals surface area contributed by atoms with Crippen LogP contribution in [0, 0.1) is 6.92 Å². The van der Waals surface area contributed by atoms with Gasteiger partial charge in [0.05, 0.1) is 6.54 Å². The van der Waals surface area contributed by atoms with Crippen LogP contribution in [0.3, 0.4) is 0 Å². The van der Waals surface area contributed by atoms with Gasteiger partial charge in [-0.3, -0.25) is 9.59 Å². The molecular weight excluding hydrogens is 250 g/mol. The first-order valence-corrected chi connectivity index (χ1v) is 6.62. The zero-order valence-electron chi connectivity index (χ0n) is 11.3. The summed E-state index contributed by atoms with van der Waals surface area (Å²) in [5.74, 6) is -0.0767. The number of Topliss-reactive ketones (excluding diaryl/α,β-unsaturated/α-hetero) is 1. The minimum absolute atomic E-state index is 0.0221. The average Bonchev–Trinajstić information content (AvgIpc) is 2.77. The summed E-state index contributed by atoms with van der Waals surface area (Å²) in [7, 11) is 0. The highest BCUT2D eigenvalue weighted by Crippen LogP contribution is 2.22. The molecule has 0 spiro atoms. The molecular formula is C17H15NO2. The zero-order valence-corrected chi connectivity index (χ0v) is 11.3. The monoisotopic (exact) mass is 265 g/mol. The van der Waals surface area contributed by atoms with Gasteiger partial charge in [-0.15, -0.1) is 0 Å². The molecule has 2 aromatic carbocycles. The second kappa shape index (κ2) is 4.93. The Morgan fingerprint density at radius 2 is 1.80 bits per heavy atom. The number of hydrogen-bond acceptors (Lipinski definition) is 2. The number of fused-ring (bicyclic) bond motifs is 1. The third-order valence-corrected chi connectivity index (χ3v) is 3.60. The number of nitrogens with zero attached hydrogens (tertiary/aromatic N) is 1. The summed E-state index contributed by atoms with van der Waals surface area (Å²) >= 11 is 0. The Kier molecular flexibility index (Phi) is 3.11. The van der Waals surface area contributed by atoms with Crippen molar-refractivity contribution in [2.45, 2.75) is 13.5 Å². The predicted molar refractivity (Wildman–Crippen MR) is 76.7 cm³/mol. The summed E-state index contributed by atoms with van der Waals surface area (Å²) in [6, 6.07) is 15.0. The molecule has 0 unspecified atom stereocenters. The van der Waals surface area contributed by atoms with E-state index in [4.69, 9.17) is 0 Å².